The van der Waals surface area contributed by atoms with E-state index in [4.69, 9.17) is 0 Å². The van der Waals surface area contributed by atoms with Crippen LogP contribution in [0.1, 0.15) is 36.0 Å². The van der Waals surface area contributed by atoms with Gasteiger partial charge in [0.1, 0.15) is 6.33 Å². The summed E-state index contributed by atoms with van der Waals surface area (Å²) in [6, 6.07) is 8.37. The van der Waals surface area contributed by atoms with Crippen LogP contribution in [0, 0.1) is 0 Å². The highest BCUT2D eigenvalue weighted by Gasteiger charge is 2.38. The van der Waals surface area contributed by atoms with Crippen molar-refractivity contribution in [2.45, 2.75) is 37.8 Å². The molecule has 0 bridgehead atoms. The molecule has 0 radical (unpaired) electrons. The Morgan fingerprint density at radius 3 is 2.75 bits per heavy atom. The molecule has 126 valence electrons. The summed E-state index contributed by atoms with van der Waals surface area (Å²) in [5, 5.41) is 11.2. The minimum Gasteiger partial charge on any atom is -0.334 e. The van der Waals surface area contributed by atoms with E-state index < -0.39 is 0 Å². The zero-order valence-electron chi connectivity index (χ0n) is 13.9. The van der Waals surface area contributed by atoms with Gasteiger partial charge in [0.05, 0.1) is 5.69 Å². The molecular weight excluding hydrogens is 304 g/mol. The van der Waals surface area contributed by atoms with E-state index >= 15 is 0 Å². The molecule has 2 aliphatic rings. The Morgan fingerprint density at radius 2 is 2.00 bits per heavy atom. The zero-order valence-corrected chi connectivity index (χ0v) is 13.9. The summed E-state index contributed by atoms with van der Waals surface area (Å²) in [7, 11) is 2.18. The van der Waals surface area contributed by atoms with Crippen molar-refractivity contribution >= 4 is 5.91 Å². The number of likely N-dealkylation sites (N-methyl/N-ethyl adjacent to an activating group) is 1. The number of rotatable bonds is 3. The zero-order chi connectivity index (χ0) is 16.5. The molecule has 4 rings (SSSR count). The van der Waals surface area contributed by atoms with E-state index in [0.29, 0.717) is 17.6 Å². The topological polar surface area (TPSA) is 67.2 Å². The van der Waals surface area contributed by atoms with Gasteiger partial charge in [-0.1, -0.05) is 6.07 Å². The van der Waals surface area contributed by atoms with Crippen molar-refractivity contribution in [2.75, 3.05) is 20.1 Å². The standard InChI is InChI=1S/C17H22N6O/c1-21-9-3-7-15(21)16-8-4-10-22(16)17(24)13-5-2-6-14(11-13)23-12-18-19-20-23/h2,5-6,11-12,15-16H,3-4,7-10H2,1H3. The number of hydrogen-bond donors (Lipinski definition) is 0. The fourth-order valence-corrected chi connectivity index (χ4v) is 4.09. The van der Waals surface area contributed by atoms with Crippen molar-refractivity contribution < 1.29 is 4.79 Å². The largest absolute Gasteiger partial charge is 0.334 e. The van der Waals surface area contributed by atoms with Gasteiger partial charge in [-0.15, -0.1) is 5.10 Å². The van der Waals surface area contributed by atoms with Gasteiger partial charge in [0.2, 0.25) is 0 Å². The Labute approximate surface area is 141 Å². The van der Waals surface area contributed by atoms with Gasteiger partial charge < -0.3 is 9.80 Å². The molecule has 1 amide bonds. The van der Waals surface area contributed by atoms with Crippen LogP contribution < -0.4 is 0 Å². The number of carbonyl (C=O) groups excluding carboxylic acids is 1. The highest BCUT2D eigenvalue weighted by molar-refractivity contribution is 5.95. The minimum absolute atomic E-state index is 0.118. The van der Waals surface area contributed by atoms with Crippen molar-refractivity contribution in [1.82, 2.24) is 30.0 Å². The summed E-state index contributed by atoms with van der Waals surface area (Å²) in [4.78, 5) is 17.6. The number of nitrogens with zero attached hydrogens (tertiary/aromatic N) is 6. The second-order valence-corrected chi connectivity index (χ2v) is 6.70. The number of amides is 1. The number of hydrogen-bond acceptors (Lipinski definition) is 5. The molecule has 2 atom stereocenters. The lowest BCUT2D eigenvalue weighted by molar-refractivity contribution is 0.0664. The summed E-state index contributed by atoms with van der Waals surface area (Å²) in [6.07, 6.45) is 6.15. The fourth-order valence-electron chi connectivity index (χ4n) is 4.09. The first-order valence-electron chi connectivity index (χ1n) is 8.58. The van der Waals surface area contributed by atoms with Gasteiger partial charge in [-0.25, -0.2) is 4.68 Å². The molecule has 7 heteroatoms. The number of tetrazole rings is 1. The third kappa shape index (κ3) is 2.69. The molecule has 2 saturated heterocycles. The van der Waals surface area contributed by atoms with Crippen molar-refractivity contribution in [3.05, 3.63) is 36.2 Å². The molecule has 0 saturated carbocycles. The Morgan fingerprint density at radius 1 is 1.17 bits per heavy atom. The molecule has 2 unspecified atom stereocenters. The maximum absolute atomic E-state index is 13.1. The van der Waals surface area contributed by atoms with Crippen LogP contribution in [-0.2, 0) is 0 Å². The third-order valence-electron chi connectivity index (χ3n) is 5.29. The molecule has 7 nitrogen and oxygen atoms in total. The Hall–Kier alpha value is -2.28. The van der Waals surface area contributed by atoms with Gasteiger partial charge in [-0.3, -0.25) is 4.79 Å². The highest BCUT2D eigenvalue weighted by atomic mass is 16.2. The van der Waals surface area contributed by atoms with E-state index in [1.165, 1.54) is 19.2 Å². The Balaban J connectivity index is 1.58. The van der Waals surface area contributed by atoms with Gasteiger partial charge in [0.15, 0.2) is 0 Å². The first-order chi connectivity index (χ1) is 11.7. The van der Waals surface area contributed by atoms with Crippen molar-refractivity contribution in [3.63, 3.8) is 0 Å². The second kappa shape index (κ2) is 6.32. The van der Waals surface area contributed by atoms with E-state index in [-0.39, 0.29) is 5.91 Å². The van der Waals surface area contributed by atoms with Crippen LogP contribution in [0.5, 0.6) is 0 Å². The van der Waals surface area contributed by atoms with E-state index in [9.17, 15) is 4.79 Å². The average molecular weight is 326 g/mol. The van der Waals surface area contributed by atoms with Gasteiger partial charge >= 0.3 is 0 Å². The summed E-state index contributed by atoms with van der Waals surface area (Å²) in [5.74, 6) is 0.118. The first kappa shape index (κ1) is 15.3. The Bertz CT molecular complexity index is 716. The molecule has 0 spiro atoms. The van der Waals surface area contributed by atoms with Crippen molar-refractivity contribution in [2.24, 2.45) is 0 Å². The van der Waals surface area contributed by atoms with Crippen LogP contribution in [0.25, 0.3) is 5.69 Å². The SMILES string of the molecule is CN1CCCC1C1CCCN1C(=O)c1cccc(-n2cnnn2)c1. The molecule has 2 fully saturated rings. The maximum atomic E-state index is 13.1. The van der Waals surface area contributed by atoms with Gasteiger partial charge in [0.25, 0.3) is 5.91 Å². The smallest absolute Gasteiger partial charge is 0.254 e. The fraction of sp³-hybridized carbons (Fsp3) is 0.529. The Kier molecular flexibility index (Phi) is 4.02. The van der Waals surface area contributed by atoms with E-state index in [0.717, 1.165) is 31.6 Å². The number of carbonyl (C=O) groups is 1. The molecule has 3 heterocycles. The van der Waals surface area contributed by atoms with Gasteiger partial charge in [-0.2, -0.15) is 0 Å². The molecule has 0 aliphatic carbocycles. The van der Waals surface area contributed by atoms with Crippen LogP contribution in [0.15, 0.2) is 30.6 Å². The van der Waals surface area contributed by atoms with E-state index in [1.807, 2.05) is 24.3 Å². The molecule has 24 heavy (non-hydrogen) atoms. The normalized spacial score (nSPS) is 24.6. The van der Waals surface area contributed by atoms with Crippen molar-refractivity contribution in [1.29, 1.82) is 0 Å². The average Bonchev–Trinajstić information content (AvgIpc) is 3.35. The monoisotopic (exact) mass is 326 g/mol. The summed E-state index contributed by atoms with van der Waals surface area (Å²) in [5.41, 5.74) is 1.51. The van der Waals surface area contributed by atoms with Crippen LogP contribution in [-0.4, -0.2) is 68.1 Å². The summed E-state index contributed by atoms with van der Waals surface area (Å²) >= 11 is 0. The number of benzene rings is 1. The minimum atomic E-state index is 0.118. The first-order valence-corrected chi connectivity index (χ1v) is 8.58. The molecule has 2 aromatic rings. The van der Waals surface area contributed by atoms with Crippen LogP contribution in [0.4, 0.5) is 0 Å². The predicted molar refractivity (Wildman–Crippen MR) is 88.9 cm³/mol. The maximum Gasteiger partial charge on any atom is 0.254 e. The third-order valence-corrected chi connectivity index (χ3v) is 5.29. The molecular formula is C17H22N6O. The van der Waals surface area contributed by atoms with Gasteiger partial charge in [0, 0.05) is 24.2 Å². The predicted octanol–water partition coefficient (Wildman–Crippen LogP) is 1.36. The lowest BCUT2D eigenvalue weighted by atomic mass is 10.0. The summed E-state index contributed by atoms with van der Waals surface area (Å²) in [6.45, 7) is 1.99. The lowest BCUT2D eigenvalue weighted by Gasteiger charge is -2.33. The lowest BCUT2D eigenvalue weighted by Crippen LogP contribution is -2.47. The molecule has 1 aromatic carbocycles. The van der Waals surface area contributed by atoms with Crippen LogP contribution in [0.2, 0.25) is 0 Å². The second-order valence-electron chi connectivity index (χ2n) is 6.70. The molecule has 1 aromatic heterocycles. The van der Waals surface area contributed by atoms with Crippen molar-refractivity contribution in [3.8, 4) is 5.69 Å². The molecule has 2 aliphatic heterocycles. The van der Waals surface area contributed by atoms with Crippen LogP contribution >= 0.6 is 0 Å². The van der Waals surface area contributed by atoms with Crippen LogP contribution in [0.3, 0.4) is 0 Å². The number of likely N-dealkylation sites (tertiary alicyclic amines) is 2. The highest BCUT2D eigenvalue weighted by Crippen LogP contribution is 2.30. The summed E-state index contributed by atoms with van der Waals surface area (Å²) < 4.78 is 1.57. The van der Waals surface area contributed by atoms with E-state index in [1.54, 1.807) is 4.68 Å². The quantitative estimate of drug-likeness (QED) is 0.852. The number of aromatic nitrogens is 4. The molecule has 0 N–H and O–H groups in total. The van der Waals surface area contributed by atoms with Gasteiger partial charge in [-0.05, 0) is 67.9 Å². The van der Waals surface area contributed by atoms with E-state index in [2.05, 4.69) is 32.4 Å².